The molecule has 0 spiro atoms. The Balaban J connectivity index is 1.48. The summed E-state index contributed by atoms with van der Waals surface area (Å²) in [4.78, 5) is 12.7. The summed E-state index contributed by atoms with van der Waals surface area (Å²) in [6, 6.07) is 14.5. The number of thiophene rings is 1. The maximum absolute atomic E-state index is 12.7. The van der Waals surface area contributed by atoms with Crippen LogP contribution in [0, 0.1) is 0 Å². The lowest BCUT2D eigenvalue weighted by molar-refractivity contribution is -0.113. The summed E-state index contributed by atoms with van der Waals surface area (Å²) in [5, 5.41) is 15.9. The van der Waals surface area contributed by atoms with Gasteiger partial charge in [0.2, 0.25) is 5.91 Å². The first-order valence-corrected chi connectivity index (χ1v) is 11.9. The molecule has 4 rings (SSSR count). The molecule has 0 fully saturated rings. The first-order chi connectivity index (χ1) is 14.6. The molecule has 0 unspecified atom stereocenters. The number of nitrogens with zero attached hydrogens (tertiary/aromatic N) is 3. The molecule has 5 nitrogen and oxygen atoms in total. The third-order valence-electron chi connectivity index (χ3n) is 5.15. The fourth-order valence-electron chi connectivity index (χ4n) is 3.53. The molecular weight excluding hydrogens is 412 g/mol. The van der Waals surface area contributed by atoms with Gasteiger partial charge in [0.25, 0.3) is 0 Å². The molecule has 154 valence electrons. The Kier molecular flexibility index (Phi) is 6.20. The van der Waals surface area contributed by atoms with Crippen molar-refractivity contribution in [2.75, 3.05) is 11.1 Å². The molecule has 0 saturated carbocycles. The first kappa shape index (κ1) is 20.6. The van der Waals surface area contributed by atoms with Crippen LogP contribution in [0.1, 0.15) is 25.0 Å². The number of thioether (sulfide) groups is 1. The Morgan fingerprint density at radius 3 is 2.53 bits per heavy atom. The van der Waals surface area contributed by atoms with Crippen LogP contribution in [0.4, 0.5) is 5.69 Å². The standard InChI is InChI=1S/C23H24N4OS2/c1-4-15-9-8-10-16(5-2)21(15)24-20(28)14-30-23-26-25-22(27(23)3)18-13-29-19-12-7-6-11-17(18)19/h6-13H,4-5,14H2,1-3H3,(H,24,28). The van der Waals surface area contributed by atoms with Crippen molar-refractivity contribution in [1.29, 1.82) is 0 Å². The van der Waals surface area contributed by atoms with E-state index in [9.17, 15) is 4.79 Å². The quantitative estimate of drug-likeness (QED) is 0.386. The minimum Gasteiger partial charge on any atom is -0.325 e. The molecule has 2 heterocycles. The Morgan fingerprint density at radius 1 is 1.07 bits per heavy atom. The topological polar surface area (TPSA) is 59.8 Å². The van der Waals surface area contributed by atoms with Gasteiger partial charge in [-0.05, 0) is 30.0 Å². The van der Waals surface area contributed by atoms with Crippen LogP contribution in [0.2, 0.25) is 0 Å². The highest BCUT2D eigenvalue weighted by atomic mass is 32.2. The van der Waals surface area contributed by atoms with Gasteiger partial charge in [-0.3, -0.25) is 4.79 Å². The van der Waals surface area contributed by atoms with Gasteiger partial charge in [0.1, 0.15) is 0 Å². The van der Waals surface area contributed by atoms with E-state index < -0.39 is 0 Å². The van der Waals surface area contributed by atoms with Crippen LogP contribution < -0.4 is 5.32 Å². The van der Waals surface area contributed by atoms with Gasteiger partial charge in [0.05, 0.1) is 5.75 Å². The summed E-state index contributed by atoms with van der Waals surface area (Å²) in [6.07, 6.45) is 1.77. The normalized spacial score (nSPS) is 11.2. The van der Waals surface area contributed by atoms with E-state index in [0.29, 0.717) is 0 Å². The number of amides is 1. The number of rotatable bonds is 7. The molecule has 2 aromatic carbocycles. The second-order valence-electron chi connectivity index (χ2n) is 7.01. The predicted octanol–water partition coefficient (Wildman–Crippen LogP) is 5.55. The molecule has 30 heavy (non-hydrogen) atoms. The van der Waals surface area contributed by atoms with Crippen LogP contribution in [0.3, 0.4) is 0 Å². The summed E-state index contributed by atoms with van der Waals surface area (Å²) in [7, 11) is 1.95. The van der Waals surface area contributed by atoms with Crippen molar-refractivity contribution in [3.05, 3.63) is 59.0 Å². The van der Waals surface area contributed by atoms with Crippen molar-refractivity contribution in [3.63, 3.8) is 0 Å². The predicted molar refractivity (Wildman–Crippen MR) is 126 cm³/mol. The number of hydrogen-bond acceptors (Lipinski definition) is 5. The van der Waals surface area contributed by atoms with Crippen LogP contribution in [0.5, 0.6) is 0 Å². The second-order valence-corrected chi connectivity index (χ2v) is 8.86. The van der Waals surface area contributed by atoms with E-state index in [4.69, 9.17) is 0 Å². The van der Waals surface area contributed by atoms with Gasteiger partial charge in [-0.15, -0.1) is 21.5 Å². The number of para-hydroxylation sites is 1. The van der Waals surface area contributed by atoms with E-state index in [1.54, 1.807) is 11.3 Å². The molecule has 0 bridgehead atoms. The molecule has 0 aliphatic carbocycles. The fourth-order valence-corrected chi connectivity index (χ4v) is 5.19. The van der Waals surface area contributed by atoms with Gasteiger partial charge < -0.3 is 9.88 Å². The number of aryl methyl sites for hydroxylation is 2. The van der Waals surface area contributed by atoms with Gasteiger partial charge >= 0.3 is 0 Å². The number of nitrogens with one attached hydrogen (secondary N) is 1. The van der Waals surface area contributed by atoms with Crippen molar-refractivity contribution in [2.24, 2.45) is 7.05 Å². The van der Waals surface area contributed by atoms with Crippen molar-refractivity contribution >= 4 is 44.8 Å². The Hall–Kier alpha value is -2.64. The zero-order valence-electron chi connectivity index (χ0n) is 17.3. The summed E-state index contributed by atoms with van der Waals surface area (Å²) >= 11 is 3.11. The van der Waals surface area contributed by atoms with E-state index in [2.05, 4.69) is 65.1 Å². The average molecular weight is 437 g/mol. The van der Waals surface area contributed by atoms with Gasteiger partial charge in [-0.2, -0.15) is 0 Å². The van der Waals surface area contributed by atoms with Crippen LogP contribution in [0.15, 0.2) is 53.0 Å². The van der Waals surface area contributed by atoms with Gasteiger partial charge in [-0.25, -0.2) is 0 Å². The van der Waals surface area contributed by atoms with E-state index in [0.717, 1.165) is 46.2 Å². The van der Waals surface area contributed by atoms with Crippen LogP contribution >= 0.6 is 23.1 Å². The molecule has 0 saturated heterocycles. The van der Waals surface area contributed by atoms with Gasteiger partial charge in [-0.1, -0.05) is 62.0 Å². The van der Waals surface area contributed by atoms with Crippen molar-refractivity contribution in [1.82, 2.24) is 14.8 Å². The van der Waals surface area contributed by atoms with Crippen LogP contribution in [0.25, 0.3) is 21.5 Å². The Bertz CT molecular complexity index is 1170. The molecule has 0 atom stereocenters. The largest absolute Gasteiger partial charge is 0.325 e. The number of carbonyl (C=O) groups excluding carboxylic acids is 1. The Morgan fingerprint density at radius 2 is 1.80 bits per heavy atom. The minimum atomic E-state index is -0.0267. The molecule has 1 amide bonds. The summed E-state index contributed by atoms with van der Waals surface area (Å²) < 4.78 is 3.19. The number of carbonyl (C=O) groups is 1. The summed E-state index contributed by atoms with van der Waals surface area (Å²) in [5.74, 6) is 1.08. The minimum absolute atomic E-state index is 0.0267. The van der Waals surface area contributed by atoms with E-state index >= 15 is 0 Å². The molecule has 0 aliphatic rings. The SMILES string of the molecule is CCc1cccc(CC)c1NC(=O)CSc1nnc(-c2csc3ccccc23)n1C. The van der Waals surface area contributed by atoms with Gasteiger partial charge in [0.15, 0.2) is 11.0 Å². The molecule has 0 radical (unpaired) electrons. The summed E-state index contributed by atoms with van der Waals surface area (Å²) in [5.41, 5.74) is 4.36. The third kappa shape index (κ3) is 4.00. The summed E-state index contributed by atoms with van der Waals surface area (Å²) in [6.45, 7) is 4.21. The Labute approximate surface area is 184 Å². The number of aromatic nitrogens is 3. The average Bonchev–Trinajstić information content (AvgIpc) is 3.35. The monoisotopic (exact) mass is 436 g/mol. The highest BCUT2D eigenvalue weighted by Gasteiger charge is 2.17. The molecule has 7 heteroatoms. The lowest BCUT2D eigenvalue weighted by atomic mass is 10.0. The highest BCUT2D eigenvalue weighted by Crippen LogP contribution is 2.34. The fraction of sp³-hybridized carbons (Fsp3) is 0.261. The first-order valence-electron chi connectivity index (χ1n) is 10.0. The number of hydrogen-bond donors (Lipinski definition) is 1. The lowest BCUT2D eigenvalue weighted by Crippen LogP contribution is -2.17. The molecule has 1 N–H and O–H groups in total. The van der Waals surface area contributed by atoms with E-state index in [-0.39, 0.29) is 11.7 Å². The zero-order valence-corrected chi connectivity index (χ0v) is 18.9. The second kappa shape index (κ2) is 9.02. The third-order valence-corrected chi connectivity index (χ3v) is 7.14. The van der Waals surface area contributed by atoms with Crippen LogP contribution in [-0.4, -0.2) is 26.4 Å². The molecular formula is C23H24N4OS2. The number of anilines is 1. The number of fused-ring (bicyclic) bond motifs is 1. The number of benzene rings is 2. The van der Waals surface area contributed by atoms with Crippen molar-refractivity contribution < 1.29 is 4.79 Å². The van der Waals surface area contributed by atoms with Crippen molar-refractivity contribution in [3.8, 4) is 11.4 Å². The van der Waals surface area contributed by atoms with Crippen LogP contribution in [-0.2, 0) is 24.7 Å². The molecule has 2 aromatic heterocycles. The molecule has 0 aliphatic heterocycles. The maximum atomic E-state index is 12.7. The van der Waals surface area contributed by atoms with Gasteiger partial charge in [0, 0.05) is 33.8 Å². The molecule has 4 aromatic rings. The van der Waals surface area contributed by atoms with E-state index in [1.807, 2.05) is 23.7 Å². The lowest BCUT2D eigenvalue weighted by Gasteiger charge is -2.14. The smallest absolute Gasteiger partial charge is 0.234 e. The maximum Gasteiger partial charge on any atom is 0.234 e. The highest BCUT2D eigenvalue weighted by molar-refractivity contribution is 7.99. The van der Waals surface area contributed by atoms with Crippen molar-refractivity contribution in [2.45, 2.75) is 31.8 Å². The zero-order chi connectivity index (χ0) is 21.1. The van der Waals surface area contributed by atoms with E-state index in [1.165, 1.54) is 21.8 Å².